The molecular weight excluding hydrogens is 338 g/mol. The Morgan fingerprint density at radius 1 is 1.38 bits per heavy atom. The van der Waals surface area contributed by atoms with Gasteiger partial charge in [-0.05, 0) is 46.6 Å². The van der Waals surface area contributed by atoms with Gasteiger partial charge < -0.3 is 15.2 Å². The highest BCUT2D eigenvalue weighted by Gasteiger charge is 2.13. The van der Waals surface area contributed by atoms with Crippen LogP contribution in [0.3, 0.4) is 0 Å². The lowest BCUT2D eigenvalue weighted by Crippen LogP contribution is -2.20. The SMILES string of the molecule is CCOc1cc(C=C(C#N)C#N)cc(Br)c1OCC(N)=O. The summed E-state index contributed by atoms with van der Waals surface area (Å²) in [6.07, 6.45) is 1.42. The van der Waals surface area contributed by atoms with Gasteiger partial charge in [0, 0.05) is 0 Å². The van der Waals surface area contributed by atoms with Gasteiger partial charge in [-0.3, -0.25) is 4.79 Å². The number of carbonyl (C=O) groups excluding carboxylic acids is 1. The Hall–Kier alpha value is -2.51. The number of primary amides is 1. The number of allylic oxidation sites excluding steroid dienone is 1. The van der Waals surface area contributed by atoms with Gasteiger partial charge in [0.1, 0.15) is 17.7 Å². The van der Waals surface area contributed by atoms with Crippen LogP contribution >= 0.6 is 15.9 Å². The zero-order valence-corrected chi connectivity index (χ0v) is 12.8. The monoisotopic (exact) mass is 349 g/mol. The largest absolute Gasteiger partial charge is 0.490 e. The second kappa shape index (κ2) is 7.93. The fraction of sp³-hybridized carbons (Fsp3) is 0.214. The van der Waals surface area contributed by atoms with Crippen molar-refractivity contribution >= 4 is 27.9 Å². The van der Waals surface area contributed by atoms with Crippen LogP contribution in [0.5, 0.6) is 11.5 Å². The zero-order chi connectivity index (χ0) is 15.8. The maximum absolute atomic E-state index is 10.8. The topological polar surface area (TPSA) is 109 Å². The van der Waals surface area contributed by atoms with Crippen molar-refractivity contribution in [2.45, 2.75) is 6.92 Å². The number of rotatable bonds is 6. The molecule has 0 fully saturated rings. The van der Waals surface area contributed by atoms with Crippen molar-refractivity contribution in [3.8, 4) is 23.6 Å². The standard InChI is InChI=1S/C14H12BrN3O3/c1-2-20-12-5-9(3-10(6-16)7-17)4-11(15)14(12)21-8-13(18)19/h3-5H,2,8H2,1H3,(H2,18,19). The Morgan fingerprint density at radius 2 is 2.05 bits per heavy atom. The van der Waals surface area contributed by atoms with Crippen LogP contribution in [0.2, 0.25) is 0 Å². The van der Waals surface area contributed by atoms with E-state index in [0.29, 0.717) is 28.1 Å². The van der Waals surface area contributed by atoms with Crippen molar-refractivity contribution < 1.29 is 14.3 Å². The molecule has 0 aliphatic carbocycles. The van der Waals surface area contributed by atoms with Crippen molar-refractivity contribution in [1.82, 2.24) is 0 Å². The van der Waals surface area contributed by atoms with Crippen molar-refractivity contribution in [3.63, 3.8) is 0 Å². The molecule has 0 saturated heterocycles. The number of nitriles is 2. The first-order chi connectivity index (χ1) is 10.0. The van der Waals surface area contributed by atoms with Gasteiger partial charge in [0.2, 0.25) is 0 Å². The first-order valence-electron chi connectivity index (χ1n) is 5.91. The second-order valence-electron chi connectivity index (χ2n) is 3.80. The van der Waals surface area contributed by atoms with Crippen molar-refractivity contribution in [3.05, 3.63) is 27.7 Å². The van der Waals surface area contributed by atoms with Gasteiger partial charge in [-0.1, -0.05) is 0 Å². The van der Waals surface area contributed by atoms with Crippen LogP contribution in [0.25, 0.3) is 6.08 Å². The average molecular weight is 350 g/mol. The average Bonchev–Trinajstić information content (AvgIpc) is 2.43. The molecule has 0 bridgehead atoms. The summed E-state index contributed by atoms with van der Waals surface area (Å²) < 4.78 is 11.3. The van der Waals surface area contributed by atoms with E-state index in [1.165, 1.54) is 6.08 Å². The molecule has 1 aromatic carbocycles. The van der Waals surface area contributed by atoms with E-state index in [4.69, 9.17) is 25.7 Å². The number of carbonyl (C=O) groups is 1. The van der Waals surface area contributed by atoms with Crippen LogP contribution in [0.4, 0.5) is 0 Å². The minimum Gasteiger partial charge on any atom is -0.490 e. The van der Waals surface area contributed by atoms with Crippen LogP contribution in [-0.4, -0.2) is 19.1 Å². The second-order valence-corrected chi connectivity index (χ2v) is 4.65. The number of hydrogen-bond acceptors (Lipinski definition) is 5. The highest BCUT2D eigenvalue weighted by molar-refractivity contribution is 9.10. The molecular formula is C14H12BrN3O3. The van der Waals surface area contributed by atoms with Crippen LogP contribution in [0, 0.1) is 22.7 Å². The Balaban J connectivity index is 3.24. The van der Waals surface area contributed by atoms with Gasteiger partial charge in [0.05, 0.1) is 11.1 Å². The molecule has 0 aliphatic rings. The van der Waals surface area contributed by atoms with E-state index in [-0.39, 0.29) is 12.2 Å². The number of benzene rings is 1. The molecule has 0 atom stereocenters. The van der Waals surface area contributed by atoms with Gasteiger partial charge >= 0.3 is 0 Å². The molecule has 7 heteroatoms. The molecule has 0 unspecified atom stereocenters. The van der Waals surface area contributed by atoms with E-state index in [2.05, 4.69) is 15.9 Å². The Labute approximate surface area is 130 Å². The maximum atomic E-state index is 10.8. The molecule has 0 saturated carbocycles. The van der Waals surface area contributed by atoms with E-state index in [9.17, 15) is 4.79 Å². The normalized spacial score (nSPS) is 9.14. The molecule has 0 aliphatic heterocycles. The summed E-state index contributed by atoms with van der Waals surface area (Å²) in [6, 6.07) is 6.81. The summed E-state index contributed by atoms with van der Waals surface area (Å²) in [7, 11) is 0. The molecule has 0 spiro atoms. The predicted molar refractivity (Wildman–Crippen MR) is 79.2 cm³/mol. The molecule has 1 aromatic rings. The molecule has 108 valence electrons. The van der Waals surface area contributed by atoms with E-state index in [1.807, 2.05) is 0 Å². The van der Waals surface area contributed by atoms with Crippen LogP contribution in [-0.2, 0) is 4.79 Å². The van der Waals surface area contributed by atoms with Gasteiger partial charge in [-0.25, -0.2) is 0 Å². The number of nitrogens with two attached hydrogens (primary N) is 1. The van der Waals surface area contributed by atoms with Gasteiger partial charge in [-0.15, -0.1) is 0 Å². The third-order valence-corrected chi connectivity index (χ3v) is 2.83. The van der Waals surface area contributed by atoms with Crippen molar-refractivity contribution in [2.75, 3.05) is 13.2 Å². The van der Waals surface area contributed by atoms with Gasteiger partial charge in [0.15, 0.2) is 18.1 Å². The highest BCUT2D eigenvalue weighted by Crippen LogP contribution is 2.37. The smallest absolute Gasteiger partial charge is 0.255 e. The zero-order valence-electron chi connectivity index (χ0n) is 11.2. The number of ether oxygens (including phenoxy) is 2. The molecule has 6 nitrogen and oxygen atoms in total. The van der Waals surface area contributed by atoms with E-state index in [0.717, 1.165) is 0 Å². The molecule has 0 aromatic heterocycles. The summed E-state index contributed by atoms with van der Waals surface area (Å²) in [5, 5.41) is 17.5. The van der Waals surface area contributed by atoms with Gasteiger partial charge in [0.25, 0.3) is 5.91 Å². The summed E-state index contributed by atoms with van der Waals surface area (Å²) >= 11 is 3.30. The fourth-order valence-corrected chi connectivity index (χ4v) is 2.05. The van der Waals surface area contributed by atoms with Crippen LogP contribution in [0.15, 0.2) is 22.2 Å². The molecule has 1 amide bonds. The summed E-state index contributed by atoms with van der Waals surface area (Å²) in [5.41, 5.74) is 5.60. The summed E-state index contributed by atoms with van der Waals surface area (Å²) in [6.45, 7) is 1.90. The predicted octanol–water partition coefficient (Wildman–Crippen LogP) is 2.14. The summed E-state index contributed by atoms with van der Waals surface area (Å²) in [5.74, 6) is 0.113. The molecule has 21 heavy (non-hydrogen) atoms. The molecule has 0 radical (unpaired) electrons. The minimum absolute atomic E-state index is 0.0323. The maximum Gasteiger partial charge on any atom is 0.255 e. The number of hydrogen-bond donors (Lipinski definition) is 1. The first-order valence-corrected chi connectivity index (χ1v) is 6.70. The van der Waals surface area contributed by atoms with Crippen molar-refractivity contribution in [2.24, 2.45) is 5.73 Å². The third kappa shape index (κ3) is 4.83. The summed E-state index contributed by atoms with van der Waals surface area (Å²) in [4.78, 5) is 10.8. The van der Waals surface area contributed by atoms with Gasteiger partial charge in [-0.2, -0.15) is 10.5 Å². The lowest BCUT2D eigenvalue weighted by molar-refractivity contribution is -0.119. The third-order valence-electron chi connectivity index (χ3n) is 2.24. The number of nitrogens with zero attached hydrogens (tertiary/aromatic N) is 2. The van der Waals surface area contributed by atoms with E-state index in [1.54, 1.807) is 31.2 Å². The van der Waals surface area contributed by atoms with E-state index < -0.39 is 5.91 Å². The molecule has 2 N–H and O–H groups in total. The van der Waals surface area contributed by atoms with E-state index >= 15 is 0 Å². The highest BCUT2D eigenvalue weighted by atomic mass is 79.9. The van der Waals surface area contributed by atoms with Crippen LogP contribution in [0.1, 0.15) is 12.5 Å². The van der Waals surface area contributed by atoms with Crippen molar-refractivity contribution in [1.29, 1.82) is 10.5 Å². The lowest BCUT2D eigenvalue weighted by atomic mass is 10.1. The fourth-order valence-electron chi connectivity index (χ4n) is 1.47. The quantitative estimate of drug-likeness (QED) is 0.791. The van der Waals surface area contributed by atoms with Crippen LogP contribution < -0.4 is 15.2 Å². The molecule has 1 rings (SSSR count). The minimum atomic E-state index is -0.607. The number of halogens is 1. The Bertz CT molecular complexity index is 641. The first kappa shape index (κ1) is 16.5. The Morgan fingerprint density at radius 3 is 2.57 bits per heavy atom. The molecule has 0 heterocycles. The lowest BCUT2D eigenvalue weighted by Gasteiger charge is -2.13. The number of amides is 1. The Kier molecular flexibility index (Phi) is 6.25.